The van der Waals surface area contributed by atoms with Crippen LogP contribution in [0.4, 0.5) is 0 Å². The van der Waals surface area contributed by atoms with E-state index in [0.29, 0.717) is 6.42 Å². The predicted octanol–water partition coefficient (Wildman–Crippen LogP) is 5.52. The topological polar surface area (TPSA) is 40.5 Å². The Morgan fingerprint density at radius 3 is 2.14 bits per heavy atom. The summed E-state index contributed by atoms with van der Waals surface area (Å²) in [6.07, 6.45) is 21.0. The van der Waals surface area contributed by atoms with Gasteiger partial charge in [-0.15, -0.1) is 0 Å². The summed E-state index contributed by atoms with van der Waals surface area (Å²) < 4.78 is 0. The van der Waals surface area contributed by atoms with E-state index in [4.69, 9.17) is 0 Å². The van der Waals surface area contributed by atoms with Gasteiger partial charge in [-0.05, 0) is 25.7 Å². The van der Waals surface area contributed by atoms with Crippen molar-refractivity contribution < 1.29 is 10.2 Å². The molecule has 0 aliphatic heterocycles. The molecular weight excluding hydrogens is 272 g/mol. The van der Waals surface area contributed by atoms with Gasteiger partial charge in [-0.2, -0.15) is 0 Å². The SMILES string of the molecule is CCCCCCCCCCC(O)/C=C/CC1(O)CCCCC1. The van der Waals surface area contributed by atoms with E-state index < -0.39 is 5.60 Å². The highest BCUT2D eigenvalue weighted by Gasteiger charge is 2.27. The van der Waals surface area contributed by atoms with Crippen LogP contribution in [0.3, 0.4) is 0 Å². The minimum absolute atomic E-state index is 0.327. The number of aliphatic hydroxyl groups is 2. The summed E-state index contributed by atoms with van der Waals surface area (Å²) in [5.74, 6) is 0. The lowest BCUT2D eigenvalue weighted by atomic mass is 9.82. The van der Waals surface area contributed by atoms with E-state index in [9.17, 15) is 10.2 Å². The molecule has 2 nitrogen and oxygen atoms in total. The van der Waals surface area contributed by atoms with Gasteiger partial charge in [0.1, 0.15) is 0 Å². The number of aliphatic hydroxyl groups excluding tert-OH is 1. The van der Waals surface area contributed by atoms with Crippen LogP contribution in [-0.4, -0.2) is 21.9 Å². The summed E-state index contributed by atoms with van der Waals surface area (Å²) in [6, 6.07) is 0. The van der Waals surface area contributed by atoms with Crippen molar-refractivity contribution in [2.24, 2.45) is 0 Å². The highest BCUT2D eigenvalue weighted by molar-refractivity contribution is 4.96. The van der Waals surface area contributed by atoms with E-state index in [1.807, 2.05) is 12.2 Å². The molecule has 1 unspecified atom stereocenters. The Bertz CT molecular complexity index is 279. The lowest BCUT2D eigenvalue weighted by molar-refractivity contribution is 0.00675. The highest BCUT2D eigenvalue weighted by atomic mass is 16.3. The van der Waals surface area contributed by atoms with Crippen molar-refractivity contribution in [2.45, 2.75) is 115 Å². The van der Waals surface area contributed by atoms with Gasteiger partial charge in [-0.1, -0.05) is 89.7 Å². The van der Waals surface area contributed by atoms with Crippen LogP contribution in [0.1, 0.15) is 103 Å². The van der Waals surface area contributed by atoms with E-state index in [1.54, 1.807) is 0 Å². The van der Waals surface area contributed by atoms with Gasteiger partial charge in [0.25, 0.3) is 0 Å². The van der Waals surface area contributed by atoms with E-state index in [0.717, 1.165) is 38.5 Å². The second-order valence-corrected chi connectivity index (χ2v) is 7.25. The van der Waals surface area contributed by atoms with E-state index in [2.05, 4.69) is 6.92 Å². The molecule has 0 spiro atoms. The molecule has 130 valence electrons. The zero-order valence-corrected chi connectivity index (χ0v) is 14.7. The van der Waals surface area contributed by atoms with Crippen LogP contribution >= 0.6 is 0 Å². The van der Waals surface area contributed by atoms with Crippen molar-refractivity contribution in [3.8, 4) is 0 Å². The Balaban J connectivity index is 1.98. The van der Waals surface area contributed by atoms with Crippen LogP contribution in [0.5, 0.6) is 0 Å². The monoisotopic (exact) mass is 310 g/mol. The average Bonchev–Trinajstić information content (AvgIpc) is 2.50. The smallest absolute Gasteiger partial charge is 0.0720 e. The molecule has 0 heterocycles. The molecule has 0 radical (unpaired) electrons. The molecule has 1 rings (SSSR count). The number of hydrogen-bond acceptors (Lipinski definition) is 2. The van der Waals surface area contributed by atoms with Gasteiger partial charge in [-0.3, -0.25) is 0 Å². The zero-order valence-electron chi connectivity index (χ0n) is 14.7. The Hall–Kier alpha value is -0.340. The van der Waals surface area contributed by atoms with Gasteiger partial charge >= 0.3 is 0 Å². The predicted molar refractivity (Wildman–Crippen MR) is 95.0 cm³/mol. The first-order valence-electron chi connectivity index (χ1n) is 9.73. The maximum atomic E-state index is 10.4. The van der Waals surface area contributed by atoms with E-state index >= 15 is 0 Å². The van der Waals surface area contributed by atoms with Crippen LogP contribution in [0, 0.1) is 0 Å². The molecule has 1 atom stereocenters. The lowest BCUT2D eigenvalue weighted by Gasteiger charge is -2.31. The second kappa shape index (κ2) is 12.1. The first-order chi connectivity index (χ1) is 10.7. The fourth-order valence-electron chi connectivity index (χ4n) is 3.44. The van der Waals surface area contributed by atoms with Gasteiger partial charge in [0.15, 0.2) is 0 Å². The number of hydrogen-bond donors (Lipinski definition) is 2. The molecule has 0 bridgehead atoms. The zero-order chi connectivity index (χ0) is 16.1. The van der Waals surface area contributed by atoms with Gasteiger partial charge in [0.2, 0.25) is 0 Å². The molecule has 22 heavy (non-hydrogen) atoms. The molecule has 0 amide bonds. The van der Waals surface area contributed by atoms with Crippen LogP contribution in [0.15, 0.2) is 12.2 Å². The third-order valence-corrected chi connectivity index (χ3v) is 4.99. The molecule has 0 aromatic rings. The maximum Gasteiger partial charge on any atom is 0.0720 e. The van der Waals surface area contributed by atoms with Crippen molar-refractivity contribution >= 4 is 0 Å². The first kappa shape index (κ1) is 19.7. The molecule has 2 heteroatoms. The second-order valence-electron chi connectivity index (χ2n) is 7.25. The fourth-order valence-corrected chi connectivity index (χ4v) is 3.44. The summed E-state index contributed by atoms with van der Waals surface area (Å²) in [6.45, 7) is 2.25. The molecule has 1 fully saturated rings. The largest absolute Gasteiger partial charge is 0.390 e. The van der Waals surface area contributed by atoms with E-state index in [-0.39, 0.29) is 6.10 Å². The third kappa shape index (κ3) is 9.63. The minimum atomic E-state index is -0.493. The quantitative estimate of drug-likeness (QED) is 0.368. The summed E-state index contributed by atoms with van der Waals surface area (Å²) in [7, 11) is 0. The van der Waals surface area contributed by atoms with Crippen molar-refractivity contribution in [1.29, 1.82) is 0 Å². The van der Waals surface area contributed by atoms with Gasteiger partial charge < -0.3 is 10.2 Å². The summed E-state index contributed by atoms with van der Waals surface area (Å²) in [4.78, 5) is 0. The molecule has 0 aromatic carbocycles. The molecular formula is C20H38O2. The van der Waals surface area contributed by atoms with Crippen molar-refractivity contribution in [3.63, 3.8) is 0 Å². The molecule has 1 aliphatic rings. The maximum absolute atomic E-state index is 10.4. The summed E-state index contributed by atoms with van der Waals surface area (Å²) >= 11 is 0. The molecule has 1 saturated carbocycles. The van der Waals surface area contributed by atoms with Crippen LogP contribution in [0.25, 0.3) is 0 Å². The Kier molecular flexibility index (Phi) is 10.9. The van der Waals surface area contributed by atoms with Gasteiger partial charge in [0, 0.05) is 0 Å². The Labute approximate surface area is 138 Å². The average molecular weight is 311 g/mol. The fraction of sp³-hybridized carbons (Fsp3) is 0.900. The van der Waals surface area contributed by atoms with Gasteiger partial charge in [-0.25, -0.2) is 0 Å². The van der Waals surface area contributed by atoms with Crippen LogP contribution in [0.2, 0.25) is 0 Å². The van der Waals surface area contributed by atoms with Gasteiger partial charge in [0.05, 0.1) is 11.7 Å². The minimum Gasteiger partial charge on any atom is -0.390 e. The Morgan fingerprint density at radius 1 is 0.909 bits per heavy atom. The van der Waals surface area contributed by atoms with E-state index in [1.165, 1.54) is 51.4 Å². The van der Waals surface area contributed by atoms with Crippen LogP contribution in [-0.2, 0) is 0 Å². The van der Waals surface area contributed by atoms with Crippen molar-refractivity contribution in [2.75, 3.05) is 0 Å². The molecule has 1 aliphatic carbocycles. The van der Waals surface area contributed by atoms with Crippen LogP contribution < -0.4 is 0 Å². The van der Waals surface area contributed by atoms with Crippen molar-refractivity contribution in [3.05, 3.63) is 12.2 Å². The lowest BCUT2D eigenvalue weighted by Crippen LogP contribution is -2.30. The highest BCUT2D eigenvalue weighted by Crippen LogP contribution is 2.31. The summed E-state index contributed by atoms with van der Waals surface area (Å²) in [5.41, 5.74) is -0.493. The number of rotatable bonds is 12. The number of unbranched alkanes of at least 4 members (excludes halogenated alkanes) is 7. The standard InChI is InChI=1S/C20H38O2/c1-2-3-4-5-6-7-8-10-14-19(21)15-13-18-20(22)16-11-9-12-17-20/h13,15,19,21-22H,2-12,14,16-18H2,1H3/b15-13+. The first-order valence-corrected chi connectivity index (χ1v) is 9.73. The normalized spacial score (nSPS) is 19.6. The molecule has 0 saturated heterocycles. The third-order valence-electron chi connectivity index (χ3n) is 4.99. The van der Waals surface area contributed by atoms with Crippen molar-refractivity contribution in [1.82, 2.24) is 0 Å². The summed E-state index contributed by atoms with van der Waals surface area (Å²) in [5, 5.41) is 20.4. The molecule has 2 N–H and O–H groups in total. The molecule has 0 aromatic heterocycles. The Morgan fingerprint density at radius 2 is 1.50 bits per heavy atom.